The van der Waals surface area contributed by atoms with Crippen molar-refractivity contribution in [2.45, 2.75) is 32.0 Å². The number of amides is 2. The number of carbonyl (C=O) groups is 2. The number of thiazole rings is 1. The van der Waals surface area contributed by atoms with Gasteiger partial charge < -0.3 is 10.6 Å². The largest absolute Gasteiger partial charge is 0.342 e. The number of aromatic amines is 1. The number of H-pyrrole nitrogens is 1. The molecule has 13 heteroatoms. The number of nitro groups is 1. The number of thioether (sulfide) groups is 1. The summed E-state index contributed by atoms with van der Waals surface area (Å²) in [5, 5.41) is 24.3. The third-order valence-corrected chi connectivity index (χ3v) is 5.92. The summed E-state index contributed by atoms with van der Waals surface area (Å²) in [5.41, 5.74) is 0.0105. The van der Waals surface area contributed by atoms with Crippen LogP contribution >= 0.6 is 23.1 Å². The number of anilines is 1. The summed E-state index contributed by atoms with van der Waals surface area (Å²) < 4.78 is 0. The maximum absolute atomic E-state index is 12.6. The molecule has 0 aliphatic heterocycles. The second-order valence-corrected chi connectivity index (χ2v) is 9.30. The molecular formula is C19H21N7O4S2. The Bertz CT molecular complexity index is 1130. The lowest BCUT2D eigenvalue weighted by Crippen LogP contribution is -2.32. The van der Waals surface area contributed by atoms with Gasteiger partial charge in [-0.15, -0.1) is 16.4 Å². The lowest BCUT2D eigenvalue weighted by molar-refractivity contribution is -0.384. The molecule has 3 aromatic rings. The van der Waals surface area contributed by atoms with Gasteiger partial charge in [-0.05, 0) is 18.9 Å². The number of hydrogen-bond acceptors (Lipinski definition) is 9. The van der Waals surface area contributed by atoms with Gasteiger partial charge in [0, 0.05) is 28.8 Å². The summed E-state index contributed by atoms with van der Waals surface area (Å²) in [5.74, 6) is -0.203. The van der Waals surface area contributed by atoms with Crippen molar-refractivity contribution in [3.8, 4) is 0 Å². The molecule has 0 saturated carbocycles. The lowest BCUT2D eigenvalue weighted by atomic mass is 10.0. The van der Waals surface area contributed by atoms with Crippen LogP contribution in [0, 0.1) is 23.0 Å². The first-order valence-electron chi connectivity index (χ1n) is 9.55. The van der Waals surface area contributed by atoms with E-state index in [9.17, 15) is 19.7 Å². The van der Waals surface area contributed by atoms with Crippen molar-refractivity contribution >= 4 is 45.7 Å². The van der Waals surface area contributed by atoms with Gasteiger partial charge in [0.05, 0.1) is 16.7 Å². The van der Waals surface area contributed by atoms with Crippen LogP contribution in [0.15, 0.2) is 35.6 Å². The van der Waals surface area contributed by atoms with Gasteiger partial charge >= 0.3 is 0 Å². The summed E-state index contributed by atoms with van der Waals surface area (Å²) in [6.07, 6.45) is 1.68. The minimum atomic E-state index is -0.553. The van der Waals surface area contributed by atoms with Crippen molar-refractivity contribution < 1.29 is 14.5 Å². The first kappa shape index (κ1) is 23.3. The number of hydrogen-bond donors (Lipinski definition) is 3. The van der Waals surface area contributed by atoms with E-state index in [1.54, 1.807) is 6.20 Å². The van der Waals surface area contributed by atoms with Gasteiger partial charge in [0.15, 0.2) is 5.13 Å². The number of non-ortho nitro benzene ring substituents is 1. The van der Waals surface area contributed by atoms with E-state index < -0.39 is 16.9 Å². The Kier molecular flexibility index (Phi) is 7.53. The fourth-order valence-corrected chi connectivity index (χ4v) is 3.98. The zero-order chi connectivity index (χ0) is 23.3. The Morgan fingerprint density at radius 3 is 2.78 bits per heavy atom. The van der Waals surface area contributed by atoms with Gasteiger partial charge in [0.25, 0.3) is 11.6 Å². The number of aromatic nitrogens is 4. The van der Waals surface area contributed by atoms with Gasteiger partial charge in [-0.2, -0.15) is 0 Å². The van der Waals surface area contributed by atoms with Crippen LogP contribution in [0.4, 0.5) is 10.8 Å². The molecule has 1 atom stereocenters. The highest BCUT2D eigenvalue weighted by Crippen LogP contribution is 2.23. The zero-order valence-electron chi connectivity index (χ0n) is 17.5. The Labute approximate surface area is 191 Å². The predicted octanol–water partition coefficient (Wildman–Crippen LogP) is 3.34. The highest BCUT2D eigenvalue weighted by molar-refractivity contribution is 7.99. The van der Waals surface area contributed by atoms with Crippen LogP contribution in [0.25, 0.3) is 0 Å². The predicted molar refractivity (Wildman–Crippen MR) is 121 cm³/mol. The van der Waals surface area contributed by atoms with Gasteiger partial charge in [0.1, 0.15) is 5.82 Å². The SMILES string of the molecule is Cc1cnc(NC(=O)CSc2n[nH]c([C@H](NC(=O)c3cccc([N+](=O)[O-])c3)C(C)C)n2)s1. The average Bonchev–Trinajstić information content (AvgIpc) is 3.39. The van der Waals surface area contributed by atoms with Crippen LogP contribution in [-0.2, 0) is 4.79 Å². The third kappa shape index (κ3) is 6.11. The Morgan fingerprint density at radius 2 is 2.12 bits per heavy atom. The monoisotopic (exact) mass is 475 g/mol. The van der Waals surface area contributed by atoms with E-state index in [4.69, 9.17) is 0 Å². The summed E-state index contributed by atoms with van der Waals surface area (Å²) in [7, 11) is 0. The first-order chi connectivity index (χ1) is 15.2. The molecule has 2 amide bonds. The zero-order valence-corrected chi connectivity index (χ0v) is 19.1. The molecule has 3 N–H and O–H groups in total. The normalized spacial score (nSPS) is 11.9. The second kappa shape index (κ2) is 10.3. The van der Waals surface area contributed by atoms with Crippen molar-refractivity contribution in [2.24, 2.45) is 5.92 Å². The molecule has 0 spiro atoms. The smallest absolute Gasteiger partial charge is 0.270 e. The molecular weight excluding hydrogens is 454 g/mol. The van der Waals surface area contributed by atoms with E-state index in [0.717, 1.165) is 16.6 Å². The number of aryl methyl sites for hydroxylation is 1. The molecule has 0 saturated heterocycles. The summed E-state index contributed by atoms with van der Waals surface area (Å²) in [4.78, 5) is 44.6. The van der Waals surface area contributed by atoms with Crippen LogP contribution in [0.5, 0.6) is 0 Å². The van der Waals surface area contributed by atoms with E-state index in [1.165, 1.54) is 35.6 Å². The van der Waals surface area contributed by atoms with E-state index in [2.05, 4.69) is 30.8 Å². The molecule has 32 heavy (non-hydrogen) atoms. The number of nitrogens with one attached hydrogen (secondary N) is 3. The highest BCUT2D eigenvalue weighted by atomic mass is 32.2. The highest BCUT2D eigenvalue weighted by Gasteiger charge is 2.24. The van der Waals surface area contributed by atoms with Gasteiger partial charge in [-0.1, -0.05) is 31.7 Å². The maximum Gasteiger partial charge on any atom is 0.270 e. The van der Waals surface area contributed by atoms with Crippen molar-refractivity contribution in [3.05, 3.63) is 56.8 Å². The molecule has 0 fully saturated rings. The summed E-state index contributed by atoms with van der Waals surface area (Å²) in [6.45, 7) is 5.70. The fraction of sp³-hybridized carbons (Fsp3) is 0.316. The van der Waals surface area contributed by atoms with Crippen LogP contribution in [0.2, 0.25) is 0 Å². The second-order valence-electron chi connectivity index (χ2n) is 7.12. The number of benzene rings is 1. The van der Waals surface area contributed by atoms with E-state index >= 15 is 0 Å². The molecule has 3 rings (SSSR count). The van der Waals surface area contributed by atoms with Crippen LogP contribution in [-0.4, -0.2) is 42.7 Å². The Morgan fingerprint density at radius 1 is 1.34 bits per heavy atom. The van der Waals surface area contributed by atoms with E-state index in [-0.39, 0.29) is 28.8 Å². The number of rotatable bonds is 9. The molecule has 0 radical (unpaired) electrons. The molecule has 1 aromatic carbocycles. The van der Waals surface area contributed by atoms with Crippen LogP contribution in [0.3, 0.4) is 0 Å². The molecule has 168 valence electrons. The Hall–Kier alpha value is -3.32. The standard InChI is InChI=1S/C19H21N7O4S2/c1-10(2)15(22-17(28)12-5-4-6-13(7-12)26(29)30)16-23-19(25-24-16)31-9-14(27)21-18-20-8-11(3)32-18/h4-8,10,15H,9H2,1-3H3,(H,22,28)(H,20,21,27)(H,23,24,25)/t15-/m1/s1. The molecule has 2 heterocycles. The van der Waals surface area contributed by atoms with Gasteiger partial charge in [-0.25, -0.2) is 9.97 Å². The minimum absolute atomic E-state index is 0.0418. The molecule has 0 aliphatic rings. The van der Waals surface area contributed by atoms with Crippen molar-refractivity contribution in [2.75, 3.05) is 11.1 Å². The minimum Gasteiger partial charge on any atom is -0.342 e. The van der Waals surface area contributed by atoms with Gasteiger partial charge in [0.2, 0.25) is 11.1 Å². The van der Waals surface area contributed by atoms with Crippen molar-refractivity contribution in [1.82, 2.24) is 25.5 Å². The van der Waals surface area contributed by atoms with Gasteiger partial charge in [-0.3, -0.25) is 24.8 Å². The third-order valence-electron chi connectivity index (χ3n) is 4.25. The Balaban J connectivity index is 1.62. The van der Waals surface area contributed by atoms with Crippen molar-refractivity contribution in [1.29, 1.82) is 0 Å². The molecule has 0 bridgehead atoms. The molecule has 0 aliphatic carbocycles. The number of carbonyl (C=O) groups excluding carboxylic acids is 2. The first-order valence-corrected chi connectivity index (χ1v) is 11.4. The average molecular weight is 476 g/mol. The van der Waals surface area contributed by atoms with Crippen LogP contribution in [0.1, 0.15) is 40.9 Å². The summed E-state index contributed by atoms with van der Waals surface area (Å²) >= 11 is 2.54. The van der Waals surface area contributed by atoms with Crippen molar-refractivity contribution in [3.63, 3.8) is 0 Å². The number of nitro benzene ring substituents is 1. The summed E-state index contributed by atoms with van der Waals surface area (Å²) in [6, 6.07) is 5.00. The fourth-order valence-electron chi connectivity index (χ4n) is 2.70. The topological polar surface area (TPSA) is 156 Å². The number of nitrogens with zero attached hydrogens (tertiary/aromatic N) is 4. The quantitative estimate of drug-likeness (QED) is 0.242. The van der Waals surface area contributed by atoms with E-state index in [1.807, 2.05) is 20.8 Å². The molecule has 2 aromatic heterocycles. The van der Waals surface area contributed by atoms with Crippen LogP contribution < -0.4 is 10.6 Å². The molecule has 0 unspecified atom stereocenters. The lowest BCUT2D eigenvalue weighted by Gasteiger charge is -2.19. The van der Waals surface area contributed by atoms with E-state index in [0.29, 0.717) is 16.1 Å². The molecule has 11 nitrogen and oxygen atoms in total. The maximum atomic E-state index is 12.6.